The highest BCUT2D eigenvalue weighted by atomic mass is 32.1. The number of amides is 1. The van der Waals surface area contributed by atoms with Crippen molar-refractivity contribution in [2.24, 2.45) is 5.41 Å². The Morgan fingerprint density at radius 2 is 1.97 bits per heavy atom. The van der Waals surface area contributed by atoms with Crippen LogP contribution in [0.1, 0.15) is 65.3 Å². The van der Waals surface area contributed by atoms with Gasteiger partial charge in [-0.2, -0.15) is 0 Å². The molecule has 1 saturated carbocycles. The van der Waals surface area contributed by atoms with Gasteiger partial charge in [0.1, 0.15) is 4.88 Å². The van der Waals surface area contributed by atoms with E-state index in [0.29, 0.717) is 12.1 Å². The second kappa shape index (κ2) is 8.61. The maximum absolute atomic E-state index is 12.9. The molecule has 1 atom stereocenters. The van der Waals surface area contributed by atoms with Crippen LogP contribution in [-0.2, 0) is 4.74 Å². The van der Waals surface area contributed by atoms with E-state index < -0.39 is 0 Å². The van der Waals surface area contributed by atoms with Crippen LogP contribution in [0.3, 0.4) is 0 Å². The van der Waals surface area contributed by atoms with E-state index in [9.17, 15) is 9.90 Å². The van der Waals surface area contributed by atoms with E-state index in [1.807, 2.05) is 18.7 Å². The first-order chi connectivity index (χ1) is 13.8. The van der Waals surface area contributed by atoms with E-state index in [4.69, 9.17) is 4.74 Å². The molecule has 3 fully saturated rings. The molecule has 2 aliphatic heterocycles. The minimum Gasteiger partial charge on any atom is -0.393 e. The molecule has 0 radical (unpaired) electrons. The summed E-state index contributed by atoms with van der Waals surface area (Å²) in [7, 11) is 2.21. The monoisotopic (exact) mass is 421 g/mol. The predicted molar refractivity (Wildman–Crippen MR) is 114 cm³/mol. The van der Waals surface area contributed by atoms with E-state index in [2.05, 4.69) is 16.9 Å². The smallest absolute Gasteiger partial charge is 0.265 e. The number of carbonyl (C=O) groups is 1. The fourth-order valence-electron chi connectivity index (χ4n) is 5.39. The molecule has 1 aliphatic carbocycles. The Morgan fingerprint density at radius 1 is 1.28 bits per heavy atom. The van der Waals surface area contributed by atoms with Crippen LogP contribution in [0.5, 0.6) is 0 Å². The summed E-state index contributed by atoms with van der Waals surface area (Å²) in [5.74, 6) is 0.151. The quantitative estimate of drug-likeness (QED) is 0.810. The molecular weight excluding hydrogens is 386 g/mol. The standard InChI is InChI=1S/C22H35N3O3S/c1-15-20(29-16(2)23-15)21(27)25-10-8-22(9-11-25)12-19(28-14-22)13-24(3)17-4-6-18(26)7-5-17/h17-19,26H,4-14H2,1-3H3. The zero-order valence-corrected chi connectivity index (χ0v) is 18.8. The first kappa shape index (κ1) is 21.2. The highest BCUT2D eigenvalue weighted by molar-refractivity contribution is 7.13. The molecule has 3 heterocycles. The highest BCUT2D eigenvalue weighted by Crippen LogP contribution is 2.42. The first-order valence-electron chi connectivity index (χ1n) is 11.1. The lowest BCUT2D eigenvalue weighted by Gasteiger charge is -2.38. The number of ether oxygens (including phenoxy) is 1. The topological polar surface area (TPSA) is 65.9 Å². The van der Waals surface area contributed by atoms with Crippen molar-refractivity contribution in [3.63, 3.8) is 0 Å². The van der Waals surface area contributed by atoms with Crippen LogP contribution >= 0.6 is 11.3 Å². The van der Waals surface area contributed by atoms with Gasteiger partial charge in [-0.3, -0.25) is 4.79 Å². The second-order valence-corrected chi connectivity index (χ2v) is 10.7. The van der Waals surface area contributed by atoms with Crippen molar-refractivity contribution in [2.75, 3.05) is 33.3 Å². The average Bonchev–Trinajstić information content (AvgIpc) is 3.24. The van der Waals surface area contributed by atoms with Crippen LogP contribution in [0.2, 0.25) is 0 Å². The predicted octanol–water partition coefficient (Wildman–Crippen LogP) is 3.01. The van der Waals surface area contributed by atoms with Crippen molar-refractivity contribution in [1.82, 2.24) is 14.8 Å². The summed E-state index contributed by atoms with van der Waals surface area (Å²) >= 11 is 1.51. The largest absolute Gasteiger partial charge is 0.393 e. The molecular formula is C22H35N3O3S. The molecule has 1 aromatic rings. The number of aryl methyl sites for hydroxylation is 2. The van der Waals surface area contributed by atoms with E-state index in [1.165, 1.54) is 11.3 Å². The van der Waals surface area contributed by atoms with Gasteiger partial charge in [-0.1, -0.05) is 0 Å². The van der Waals surface area contributed by atoms with Crippen LogP contribution in [0, 0.1) is 19.3 Å². The number of likely N-dealkylation sites (tertiary alicyclic amines) is 1. The van der Waals surface area contributed by atoms with Crippen LogP contribution in [-0.4, -0.2) is 77.3 Å². The summed E-state index contributed by atoms with van der Waals surface area (Å²) in [5, 5.41) is 10.7. The number of piperidine rings is 1. The fraction of sp³-hybridized carbons (Fsp3) is 0.818. The first-order valence-corrected chi connectivity index (χ1v) is 11.9. The van der Waals surface area contributed by atoms with Gasteiger partial charge in [0, 0.05) is 25.7 Å². The van der Waals surface area contributed by atoms with E-state index >= 15 is 0 Å². The number of rotatable bonds is 4. The fourth-order valence-corrected chi connectivity index (χ4v) is 6.28. The number of likely N-dealkylation sites (N-methyl/N-ethyl adjacent to an activating group) is 1. The molecule has 1 unspecified atom stereocenters. The second-order valence-electron chi connectivity index (χ2n) is 9.48. The summed E-state index contributed by atoms with van der Waals surface area (Å²) in [6.45, 7) is 7.34. The Kier molecular flexibility index (Phi) is 6.30. The minimum absolute atomic E-state index is 0.101. The number of hydrogen-bond donors (Lipinski definition) is 1. The molecule has 2 saturated heterocycles. The van der Waals surface area contributed by atoms with Gasteiger partial charge >= 0.3 is 0 Å². The highest BCUT2D eigenvalue weighted by Gasteiger charge is 2.44. The molecule has 1 spiro atoms. The van der Waals surface area contributed by atoms with Crippen molar-refractivity contribution in [2.45, 2.75) is 77.0 Å². The third kappa shape index (κ3) is 4.68. The molecule has 4 rings (SSSR count). The molecule has 3 aliphatic rings. The van der Waals surface area contributed by atoms with Crippen molar-refractivity contribution < 1.29 is 14.6 Å². The molecule has 29 heavy (non-hydrogen) atoms. The summed E-state index contributed by atoms with van der Waals surface area (Å²) in [6, 6.07) is 0.573. The Labute approximate surface area is 178 Å². The maximum Gasteiger partial charge on any atom is 0.265 e. The third-order valence-electron chi connectivity index (χ3n) is 7.28. The zero-order chi connectivity index (χ0) is 20.6. The molecule has 162 valence electrons. The van der Waals surface area contributed by atoms with Crippen molar-refractivity contribution in [1.29, 1.82) is 0 Å². The molecule has 1 amide bonds. The zero-order valence-electron chi connectivity index (χ0n) is 18.0. The Balaban J connectivity index is 1.27. The van der Waals surface area contributed by atoms with Crippen LogP contribution < -0.4 is 0 Å². The van der Waals surface area contributed by atoms with Gasteiger partial charge in [0.25, 0.3) is 5.91 Å². The van der Waals surface area contributed by atoms with Gasteiger partial charge in [0.2, 0.25) is 0 Å². The molecule has 0 aromatic carbocycles. The number of hydrogen-bond acceptors (Lipinski definition) is 6. The summed E-state index contributed by atoms with van der Waals surface area (Å²) in [6.07, 6.45) is 7.38. The van der Waals surface area contributed by atoms with Crippen molar-refractivity contribution in [3.8, 4) is 0 Å². The van der Waals surface area contributed by atoms with E-state index in [-0.39, 0.29) is 17.4 Å². The van der Waals surface area contributed by atoms with E-state index in [0.717, 1.165) is 86.8 Å². The Morgan fingerprint density at radius 3 is 2.59 bits per heavy atom. The summed E-state index contributed by atoms with van der Waals surface area (Å²) in [5.41, 5.74) is 1.10. The molecule has 1 aromatic heterocycles. The van der Waals surface area contributed by atoms with Crippen LogP contribution in [0.15, 0.2) is 0 Å². The SMILES string of the molecule is Cc1nc(C)c(C(=O)N2CCC3(CC2)COC(CN(C)C2CCC(O)CC2)C3)s1. The third-order valence-corrected chi connectivity index (χ3v) is 8.34. The number of aliphatic hydroxyl groups excluding tert-OH is 1. The van der Waals surface area contributed by atoms with Gasteiger partial charge < -0.3 is 19.6 Å². The maximum atomic E-state index is 12.9. The number of aromatic nitrogens is 1. The number of thiazole rings is 1. The normalized spacial score (nSPS) is 29.7. The molecule has 1 N–H and O–H groups in total. The average molecular weight is 422 g/mol. The van der Waals surface area contributed by atoms with Crippen LogP contribution in [0.4, 0.5) is 0 Å². The number of nitrogens with zero attached hydrogens (tertiary/aromatic N) is 3. The number of aliphatic hydroxyl groups is 1. The van der Waals surface area contributed by atoms with E-state index in [1.54, 1.807) is 0 Å². The van der Waals surface area contributed by atoms with Gasteiger partial charge in [0.05, 0.1) is 29.5 Å². The lowest BCUT2D eigenvalue weighted by atomic mass is 9.76. The van der Waals surface area contributed by atoms with Crippen molar-refractivity contribution >= 4 is 17.2 Å². The molecule has 0 bridgehead atoms. The summed E-state index contributed by atoms with van der Waals surface area (Å²) < 4.78 is 6.23. The Bertz CT molecular complexity index is 721. The molecule has 6 nitrogen and oxygen atoms in total. The lowest BCUT2D eigenvalue weighted by molar-refractivity contribution is 0.0336. The lowest BCUT2D eigenvalue weighted by Crippen LogP contribution is -2.44. The van der Waals surface area contributed by atoms with Gasteiger partial charge in [0.15, 0.2) is 0 Å². The molecule has 7 heteroatoms. The van der Waals surface area contributed by atoms with Crippen molar-refractivity contribution in [3.05, 3.63) is 15.6 Å². The van der Waals surface area contributed by atoms with Gasteiger partial charge in [-0.25, -0.2) is 4.98 Å². The Hall–Kier alpha value is -1.02. The number of carbonyl (C=O) groups excluding carboxylic acids is 1. The van der Waals surface area contributed by atoms with Gasteiger partial charge in [-0.15, -0.1) is 11.3 Å². The van der Waals surface area contributed by atoms with Crippen LogP contribution in [0.25, 0.3) is 0 Å². The van der Waals surface area contributed by atoms with Gasteiger partial charge in [-0.05, 0) is 71.3 Å². The minimum atomic E-state index is -0.101. The summed E-state index contributed by atoms with van der Waals surface area (Å²) in [4.78, 5) is 22.6.